The summed E-state index contributed by atoms with van der Waals surface area (Å²) in [6, 6.07) is 10.6. The number of phenolic OH excluding ortho intramolecular Hbond substituents is 1. The Hall–Kier alpha value is -2.95. The van der Waals surface area contributed by atoms with E-state index in [1.807, 2.05) is 0 Å². The standard InChI is InChI=1S/C20H18BrN3O6/c1-29-14-7-2-10(8-13(14)25)17-16-18(30-23(17)9-15(22)26)20(28)24(19(16)27)12-5-3-11(21)4-6-12/h2-8,16-18,25H,9H2,1H3,(H2,22,26). The van der Waals surface area contributed by atoms with Crippen molar-refractivity contribution in [3.8, 4) is 11.5 Å². The Kier molecular flexibility index (Phi) is 5.22. The molecule has 2 aliphatic rings. The average molecular weight is 476 g/mol. The van der Waals surface area contributed by atoms with E-state index in [2.05, 4.69) is 15.9 Å². The number of rotatable bonds is 5. The van der Waals surface area contributed by atoms with Crippen LogP contribution in [0.1, 0.15) is 11.6 Å². The summed E-state index contributed by atoms with van der Waals surface area (Å²) in [6.45, 7) is -0.316. The fourth-order valence-corrected chi connectivity index (χ4v) is 4.13. The minimum Gasteiger partial charge on any atom is -0.504 e. The number of nitrogens with two attached hydrogens (primary N) is 1. The molecular weight excluding hydrogens is 458 g/mol. The van der Waals surface area contributed by atoms with Crippen molar-refractivity contribution in [2.24, 2.45) is 11.7 Å². The predicted molar refractivity (Wildman–Crippen MR) is 108 cm³/mol. The minimum absolute atomic E-state index is 0.140. The van der Waals surface area contributed by atoms with Crippen LogP contribution in [0.25, 0.3) is 0 Å². The van der Waals surface area contributed by atoms with E-state index in [4.69, 9.17) is 15.3 Å². The number of anilines is 1. The number of carbonyl (C=O) groups excluding carboxylic acids is 3. The minimum atomic E-state index is -1.10. The number of fused-ring (bicyclic) bond motifs is 1. The molecule has 2 aromatic carbocycles. The SMILES string of the molecule is COc1ccc(C2C3C(=O)N(c4ccc(Br)cc4)C(=O)C3ON2CC(N)=O)cc1O. The van der Waals surface area contributed by atoms with Crippen molar-refractivity contribution < 1.29 is 29.1 Å². The van der Waals surface area contributed by atoms with Crippen LogP contribution < -0.4 is 15.4 Å². The number of carbonyl (C=O) groups is 3. The third kappa shape index (κ3) is 3.32. The first kappa shape index (κ1) is 20.3. The monoisotopic (exact) mass is 475 g/mol. The second-order valence-electron chi connectivity index (χ2n) is 6.96. The molecule has 3 N–H and O–H groups in total. The van der Waals surface area contributed by atoms with Crippen LogP contribution in [0.15, 0.2) is 46.9 Å². The largest absolute Gasteiger partial charge is 0.504 e. The fourth-order valence-electron chi connectivity index (χ4n) is 3.87. The number of imide groups is 1. The van der Waals surface area contributed by atoms with Gasteiger partial charge in [0.15, 0.2) is 17.6 Å². The summed E-state index contributed by atoms with van der Waals surface area (Å²) in [5, 5.41) is 11.4. The maximum atomic E-state index is 13.3. The number of benzene rings is 2. The van der Waals surface area contributed by atoms with E-state index in [0.29, 0.717) is 11.3 Å². The lowest BCUT2D eigenvalue weighted by molar-refractivity contribution is -0.175. The Labute approximate surface area is 180 Å². The second kappa shape index (κ2) is 7.71. The number of aromatic hydroxyl groups is 1. The topological polar surface area (TPSA) is 122 Å². The lowest BCUT2D eigenvalue weighted by atomic mass is 9.90. The molecule has 0 spiro atoms. The number of primary amides is 1. The molecule has 156 valence electrons. The predicted octanol–water partition coefficient (Wildman–Crippen LogP) is 1.50. The highest BCUT2D eigenvalue weighted by Crippen LogP contribution is 2.46. The summed E-state index contributed by atoms with van der Waals surface area (Å²) in [6.07, 6.45) is -1.10. The van der Waals surface area contributed by atoms with Crippen LogP contribution in [0.2, 0.25) is 0 Å². The molecule has 3 atom stereocenters. The number of ether oxygens (including phenoxy) is 1. The maximum absolute atomic E-state index is 13.3. The molecule has 3 amide bonds. The molecule has 4 rings (SSSR count). The van der Waals surface area contributed by atoms with E-state index in [-0.39, 0.29) is 18.0 Å². The van der Waals surface area contributed by atoms with Crippen LogP contribution in [0.3, 0.4) is 0 Å². The zero-order valence-corrected chi connectivity index (χ0v) is 17.4. The van der Waals surface area contributed by atoms with E-state index in [1.165, 1.54) is 24.3 Å². The fraction of sp³-hybridized carbons (Fsp3) is 0.250. The Morgan fingerprint density at radius 2 is 1.90 bits per heavy atom. The van der Waals surface area contributed by atoms with Gasteiger partial charge in [-0.15, -0.1) is 0 Å². The van der Waals surface area contributed by atoms with Crippen LogP contribution in [-0.4, -0.2) is 47.6 Å². The van der Waals surface area contributed by atoms with Crippen LogP contribution in [-0.2, 0) is 19.2 Å². The summed E-state index contributed by atoms with van der Waals surface area (Å²) >= 11 is 3.32. The van der Waals surface area contributed by atoms with E-state index < -0.39 is 35.8 Å². The highest BCUT2D eigenvalue weighted by molar-refractivity contribution is 9.10. The summed E-state index contributed by atoms with van der Waals surface area (Å²) < 4.78 is 5.87. The van der Waals surface area contributed by atoms with Gasteiger partial charge in [0.1, 0.15) is 6.54 Å². The molecule has 3 unspecified atom stereocenters. The molecule has 2 aromatic rings. The first-order valence-corrected chi connectivity index (χ1v) is 9.83. The molecule has 0 aromatic heterocycles. The second-order valence-corrected chi connectivity index (χ2v) is 7.87. The summed E-state index contributed by atoms with van der Waals surface area (Å²) in [4.78, 5) is 44.6. The molecule has 0 saturated carbocycles. The van der Waals surface area contributed by atoms with Gasteiger partial charge in [0.2, 0.25) is 11.8 Å². The third-order valence-electron chi connectivity index (χ3n) is 5.14. The Morgan fingerprint density at radius 3 is 2.50 bits per heavy atom. The van der Waals surface area contributed by atoms with Gasteiger partial charge in [-0.1, -0.05) is 22.0 Å². The van der Waals surface area contributed by atoms with Gasteiger partial charge >= 0.3 is 0 Å². The van der Waals surface area contributed by atoms with Crippen molar-refractivity contribution in [2.45, 2.75) is 12.1 Å². The molecule has 30 heavy (non-hydrogen) atoms. The number of phenols is 1. The van der Waals surface area contributed by atoms with Crippen molar-refractivity contribution in [3.63, 3.8) is 0 Å². The van der Waals surface area contributed by atoms with E-state index in [0.717, 1.165) is 9.37 Å². The highest BCUT2D eigenvalue weighted by atomic mass is 79.9. The molecule has 0 radical (unpaired) electrons. The number of hydrogen-bond acceptors (Lipinski definition) is 7. The van der Waals surface area contributed by atoms with E-state index >= 15 is 0 Å². The van der Waals surface area contributed by atoms with E-state index in [1.54, 1.807) is 30.3 Å². The number of hydrogen-bond donors (Lipinski definition) is 2. The first-order valence-electron chi connectivity index (χ1n) is 9.04. The van der Waals surface area contributed by atoms with Gasteiger partial charge in [-0.25, -0.2) is 4.90 Å². The quantitative estimate of drug-likeness (QED) is 0.628. The molecule has 10 heteroatoms. The van der Waals surface area contributed by atoms with Gasteiger partial charge in [0.05, 0.1) is 24.8 Å². The van der Waals surface area contributed by atoms with Crippen LogP contribution in [0, 0.1) is 5.92 Å². The van der Waals surface area contributed by atoms with Gasteiger partial charge < -0.3 is 15.6 Å². The smallest absolute Gasteiger partial charge is 0.265 e. The third-order valence-corrected chi connectivity index (χ3v) is 5.66. The van der Waals surface area contributed by atoms with Crippen molar-refractivity contribution in [3.05, 3.63) is 52.5 Å². The molecule has 9 nitrogen and oxygen atoms in total. The first-order chi connectivity index (χ1) is 14.3. The van der Waals surface area contributed by atoms with Crippen molar-refractivity contribution >= 4 is 39.3 Å². The lowest BCUT2D eigenvalue weighted by Gasteiger charge is -2.26. The number of amides is 3. The maximum Gasteiger partial charge on any atom is 0.265 e. The van der Waals surface area contributed by atoms with Crippen molar-refractivity contribution in [2.75, 3.05) is 18.6 Å². The Bertz CT molecular complexity index is 1030. The molecule has 0 bridgehead atoms. The van der Waals surface area contributed by atoms with E-state index in [9.17, 15) is 19.5 Å². The molecule has 2 fully saturated rings. The number of nitrogens with zero attached hydrogens (tertiary/aromatic N) is 2. The molecule has 2 heterocycles. The summed E-state index contributed by atoms with van der Waals surface area (Å²) in [5.41, 5.74) is 6.23. The number of hydroxylamine groups is 2. The highest BCUT2D eigenvalue weighted by Gasteiger charge is 2.60. The van der Waals surface area contributed by atoms with Crippen LogP contribution in [0.5, 0.6) is 11.5 Å². The zero-order chi connectivity index (χ0) is 21.6. The molecule has 2 aliphatic heterocycles. The average Bonchev–Trinajstić information content (AvgIpc) is 3.17. The molecule has 0 aliphatic carbocycles. The van der Waals surface area contributed by atoms with Gasteiger partial charge in [0, 0.05) is 4.47 Å². The molecular formula is C20H18BrN3O6. The Balaban J connectivity index is 1.74. The normalized spacial score (nSPS) is 23.7. The Morgan fingerprint density at radius 1 is 1.20 bits per heavy atom. The number of halogens is 1. The van der Waals surface area contributed by atoms with Gasteiger partial charge in [-0.05, 0) is 42.0 Å². The van der Waals surface area contributed by atoms with Crippen molar-refractivity contribution in [1.29, 1.82) is 0 Å². The van der Waals surface area contributed by atoms with Gasteiger partial charge in [-0.3, -0.25) is 19.2 Å². The van der Waals surface area contributed by atoms with Crippen LogP contribution >= 0.6 is 15.9 Å². The van der Waals surface area contributed by atoms with Gasteiger partial charge in [0.25, 0.3) is 5.91 Å². The zero-order valence-electron chi connectivity index (χ0n) is 15.8. The summed E-state index contributed by atoms with van der Waals surface area (Å²) in [7, 11) is 1.41. The van der Waals surface area contributed by atoms with Crippen LogP contribution in [0.4, 0.5) is 5.69 Å². The number of methoxy groups -OCH3 is 1. The lowest BCUT2D eigenvalue weighted by Crippen LogP contribution is -2.40. The molecule has 2 saturated heterocycles. The van der Waals surface area contributed by atoms with Crippen molar-refractivity contribution in [1.82, 2.24) is 5.06 Å². The van der Waals surface area contributed by atoms with Gasteiger partial charge in [-0.2, -0.15) is 5.06 Å². The summed E-state index contributed by atoms with van der Waals surface area (Å²) in [5.74, 6) is -2.46.